The normalized spacial score (nSPS) is 21.8. The largest absolute Gasteiger partial charge is 0.484 e. The molecule has 2 aromatic rings. The number of carbonyl (C=O) groups excluding carboxylic acids is 1. The number of alkyl halides is 3. The third-order valence-electron chi connectivity index (χ3n) is 5.66. The van der Waals surface area contributed by atoms with Gasteiger partial charge in [-0.3, -0.25) is 14.5 Å². The van der Waals surface area contributed by atoms with Gasteiger partial charge in [-0.05, 0) is 42.7 Å². The first-order valence-electron chi connectivity index (χ1n) is 9.89. The second-order valence-electron chi connectivity index (χ2n) is 7.91. The molecule has 3 heterocycles. The van der Waals surface area contributed by atoms with Crippen molar-refractivity contribution in [3.05, 3.63) is 64.3 Å². The van der Waals surface area contributed by atoms with E-state index in [4.69, 9.17) is 39.5 Å². The molecule has 1 aromatic carbocycles. The summed E-state index contributed by atoms with van der Waals surface area (Å²) >= 11 is 18.7. The number of hydrogen-bond acceptors (Lipinski definition) is 4. The van der Waals surface area contributed by atoms with Crippen LogP contribution in [0.5, 0.6) is 5.75 Å². The highest BCUT2D eigenvalue weighted by Gasteiger charge is 2.44. The Balaban J connectivity index is 1.45. The highest BCUT2D eigenvalue weighted by Crippen LogP contribution is 2.39. The number of pyridine rings is 1. The molecule has 0 spiro atoms. The van der Waals surface area contributed by atoms with Crippen molar-refractivity contribution in [1.29, 1.82) is 0 Å². The molecule has 6 nitrogen and oxygen atoms in total. The topological polar surface area (TPSA) is 63.6 Å². The van der Waals surface area contributed by atoms with Gasteiger partial charge in [-0.15, -0.1) is 0 Å². The number of benzene rings is 1. The number of nitrogens with one attached hydrogen (secondary N) is 1. The lowest BCUT2D eigenvalue weighted by molar-refractivity contribution is -0.125. The molecule has 10 heteroatoms. The van der Waals surface area contributed by atoms with E-state index in [1.54, 1.807) is 12.1 Å². The summed E-state index contributed by atoms with van der Waals surface area (Å²) < 4.78 is 18.4. The first kappa shape index (κ1) is 22.4. The average molecular weight is 489 g/mol. The number of ether oxygens (including phenoxy) is 1. The summed E-state index contributed by atoms with van der Waals surface area (Å²) in [6.07, 6.45) is 0.0721. The maximum absolute atomic E-state index is 13.0. The molecule has 2 bridgehead atoms. The Kier molecular flexibility index (Phi) is 6.49. The van der Waals surface area contributed by atoms with Gasteiger partial charge in [0, 0.05) is 37.3 Å². The molecule has 2 aliphatic rings. The lowest BCUT2D eigenvalue weighted by Crippen LogP contribution is -2.60. The van der Waals surface area contributed by atoms with Crippen LogP contribution in [-0.4, -0.2) is 45.0 Å². The summed E-state index contributed by atoms with van der Waals surface area (Å²) in [4.78, 5) is 26.7. The summed E-state index contributed by atoms with van der Waals surface area (Å²) in [5.41, 5.74) is 0.951. The van der Waals surface area contributed by atoms with E-state index in [1.165, 1.54) is 24.3 Å². The molecular weight excluding hydrogens is 468 g/mol. The maximum atomic E-state index is 13.0. The summed E-state index contributed by atoms with van der Waals surface area (Å²) in [5, 5.41) is 2.76. The van der Waals surface area contributed by atoms with Crippen molar-refractivity contribution in [2.75, 3.05) is 19.7 Å². The van der Waals surface area contributed by atoms with E-state index in [-0.39, 0.29) is 24.0 Å². The molecule has 0 aliphatic carbocycles. The number of nitrogens with zero attached hydrogens (tertiary/aromatic N) is 2. The van der Waals surface area contributed by atoms with Crippen molar-refractivity contribution in [2.24, 2.45) is 5.92 Å². The van der Waals surface area contributed by atoms with Crippen LogP contribution < -0.4 is 15.6 Å². The fourth-order valence-corrected chi connectivity index (χ4v) is 4.98. The van der Waals surface area contributed by atoms with E-state index < -0.39 is 21.7 Å². The molecule has 1 N–H and O–H groups in total. The molecule has 166 valence electrons. The van der Waals surface area contributed by atoms with E-state index in [2.05, 4.69) is 5.32 Å². The van der Waals surface area contributed by atoms with Crippen LogP contribution in [-0.2, 0) is 11.3 Å². The molecule has 0 saturated carbocycles. The fourth-order valence-electron chi connectivity index (χ4n) is 4.40. The third-order valence-corrected chi connectivity index (χ3v) is 6.28. The SMILES string of the molecule is O=C(COc1ccc(F)cc1)NC(N1CC2CC(C1)c1cccc(=O)n1C2)C(Cl)(Cl)Cl. The molecule has 1 amide bonds. The van der Waals surface area contributed by atoms with Gasteiger partial charge in [-0.2, -0.15) is 0 Å². The summed E-state index contributed by atoms with van der Waals surface area (Å²) in [6.45, 7) is 1.41. The van der Waals surface area contributed by atoms with Crippen LogP contribution in [0.15, 0.2) is 47.3 Å². The molecule has 1 saturated heterocycles. The van der Waals surface area contributed by atoms with Crippen LogP contribution in [0.25, 0.3) is 0 Å². The number of likely N-dealkylation sites (tertiary alicyclic amines) is 1. The Morgan fingerprint density at radius 2 is 1.90 bits per heavy atom. The van der Waals surface area contributed by atoms with E-state index in [0.29, 0.717) is 25.4 Å². The van der Waals surface area contributed by atoms with Crippen LogP contribution in [0.2, 0.25) is 0 Å². The minimum Gasteiger partial charge on any atom is -0.484 e. The van der Waals surface area contributed by atoms with Gasteiger partial charge in [0.05, 0.1) is 0 Å². The van der Waals surface area contributed by atoms with E-state index in [0.717, 1.165) is 12.1 Å². The minimum absolute atomic E-state index is 0.00942. The first-order chi connectivity index (χ1) is 14.7. The number of rotatable bonds is 5. The van der Waals surface area contributed by atoms with E-state index >= 15 is 0 Å². The van der Waals surface area contributed by atoms with Crippen LogP contribution >= 0.6 is 34.8 Å². The van der Waals surface area contributed by atoms with Gasteiger partial charge in [0.1, 0.15) is 17.7 Å². The molecule has 2 aliphatic heterocycles. The van der Waals surface area contributed by atoms with Gasteiger partial charge in [0.15, 0.2) is 6.61 Å². The highest BCUT2D eigenvalue weighted by atomic mass is 35.6. The van der Waals surface area contributed by atoms with E-state index in [9.17, 15) is 14.0 Å². The minimum atomic E-state index is -1.77. The summed E-state index contributed by atoms with van der Waals surface area (Å²) in [7, 11) is 0. The molecular formula is C21H21Cl3FN3O3. The van der Waals surface area contributed by atoms with Crippen molar-refractivity contribution < 1.29 is 13.9 Å². The Morgan fingerprint density at radius 1 is 1.16 bits per heavy atom. The number of halogens is 4. The zero-order valence-electron chi connectivity index (χ0n) is 16.4. The van der Waals surface area contributed by atoms with Gasteiger partial charge >= 0.3 is 0 Å². The van der Waals surface area contributed by atoms with Gasteiger partial charge in [-0.1, -0.05) is 40.9 Å². The smallest absolute Gasteiger partial charge is 0.259 e. The van der Waals surface area contributed by atoms with Gasteiger partial charge < -0.3 is 14.6 Å². The lowest BCUT2D eigenvalue weighted by Gasteiger charge is -2.47. The molecule has 1 aromatic heterocycles. The zero-order chi connectivity index (χ0) is 22.2. The van der Waals surface area contributed by atoms with Crippen molar-refractivity contribution in [3.63, 3.8) is 0 Å². The van der Waals surface area contributed by atoms with Crippen LogP contribution in [0.1, 0.15) is 18.0 Å². The lowest BCUT2D eigenvalue weighted by atomic mass is 9.83. The molecule has 3 unspecified atom stereocenters. The summed E-state index contributed by atoms with van der Waals surface area (Å²) in [5.74, 6) is -0.200. The summed E-state index contributed by atoms with van der Waals surface area (Å²) in [6, 6.07) is 10.6. The molecule has 31 heavy (non-hydrogen) atoms. The predicted octanol–water partition coefficient (Wildman–Crippen LogP) is 3.30. The van der Waals surface area contributed by atoms with Crippen molar-refractivity contribution in [2.45, 2.75) is 28.8 Å². The van der Waals surface area contributed by atoms with Crippen LogP contribution in [0.3, 0.4) is 0 Å². The predicted molar refractivity (Wildman–Crippen MR) is 117 cm³/mol. The van der Waals surface area contributed by atoms with Gasteiger partial charge in [0.25, 0.3) is 11.5 Å². The number of amides is 1. The number of hydrogen-bond donors (Lipinski definition) is 1. The molecule has 4 rings (SSSR count). The number of carbonyl (C=O) groups is 1. The van der Waals surface area contributed by atoms with Crippen molar-refractivity contribution >= 4 is 40.7 Å². The maximum Gasteiger partial charge on any atom is 0.259 e. The Labute approximate surface area is 193 Å². The standard InChI is InChI=1S/C21H21Cl3FN3O3/c22-21(23,24)20(26-18(29)12-31-16-6-4-15(25)5-7-16)27-9-13-8-14(11-27)17-2-1-3-19(30)28(17)10-13/h1-7,13-14,20H,8-12H2,(H,26,29). The molecule has 0 radical (unpaired) electrons. The van der Waals surface area contributed by atoms with Crippen LogP contribution in [0.4, 0.5) is 4.39 Å². The number of piperidine rings is 1. The quantitative estimate of drug-likeness (QED) is 0.656. The zero-order valence-corrected chi connectivity index (χ0v) is 18.7. The Hall–Kier alpha value is -1.80. The van der Waals surface area contributed by atoms with Gasteiger partial charge in [-0.25, -0.2) is 4.39 Å². The Bertz CT molecular complexity index is 1010. The van der Waals surface area contributed by atoms with Gasteiger partial charge in [0.2, 0.25) is 3.79 Å². The van der Waals surface area contributed by atoms with Crippen molar-refractivity contribution in [3.8, 4) is 5.75 Å². The second-order valence-corrected chi connectivity index (χ2v) is 10.3. The van der Waals surface area contributed by atoms with Crippen LogP contribution in [0, 0.1) is 11.7 Å². The second kappa shape index (κ2) is 8.98. The Morgan fingerprint density at radius 3 is 2.61 bits per heavy atom. The first-order valence-corrected chi connectivity index (χ1v) is 11.0. The van der Waals surface area contributed by atoms with E-state index in [1.807, 2.05) is 15.5 Å². The molecule has 3 atom stereocenters. The molecule has 1 fully saturated rings. The average Bonchev–Trinajstić information content (AvgIpc) is 2.71. The monoisotopic (exact) mass is 487 g/mol. The number of fused-ring (bicyclic) bond motifs is 4. The number of aromatic nitrogens is 1. The fraction of sp³-hybridized carbons (Fsp3) is 0.429. The highest BCUT2D eigenvalue weighted by molar-refractivity contribution is 6.68. The van der Waals surface area contributed by atoms with Crippen molar-refractivity contribution in [1.82, 2.24) is 14.8 Å². The third kappa shape index (κ3) is 5.17.